The standard InChI is InChI=1S/C11H10N2O3/c1-8-3-2-4-9(7-8)10-12-13(5-6-14)11(15)16-10/h1-4,7,14H,5-6H2. The van der Waals surface area contributed by atoms with Gasteiger partial charge in [0.15, 0.2) is 0 Å². The summed E-state index contributed by atoms with van der Waals surface area (Å²) in [6, 6.07) is 6.88. The van der Waals surface area contributed by atoms with Crippen molar-refractivity contribution >= 4 is 0 Å². The van der Waals surface area contributed by atoms with Gasteiger partial charge in [-0.05, 0) is 24.6 Å². The first kappa shape index (κ1) is 10.6. The number of hydrogen-bond donors (Lipinski definition) is 1. The van der Waals surface area contributed by atoms with Gasteiger partial charge in [0.2, 0.25) is 5.89 Å². The van der Waals surface area contributed by atoms with E-state index < -0.39 is 5.76 Å². The molecule has 5 heteroatoms. The summed E-state index contributed by atoms with van der Waals surface area (Å²) < 4.78 is 6.01. The fourth-order valence-corrected chi connectivity index (χ4v) is 1.33. The molecule has 2 aromatic rings. The van der Waals surface area contributed by atoms with Crippen molar-refractivity contribution in [3.63, 3.8) is 0 Å². The number of rotatable bonds is 3. The number of aliphatic hydroxyl groups is 1. The van der Waals surface area contributed by atoms with Gasteiger partial charge in [-0.2, -0.15) is 4.68 Å². The fourth-order valence-electron chi connectivity index (χ4n) is 1.33. The zero-order chi connectivity index (χ0) is 11.5. The Morgan fingerprint density at radius 1 is 1.50 bits per heavy atom. The van der Waals surface area contributed by atoms with Gasteiger partial charge in [-0.1, -0.05) is 12.1 Å². The van der Waals surface area contributed by atoms with Gasteiger partial charge in [-0.15, -0.1) is 5.10 Å². The summed E-state index contributed by atoms with van der Waals surface area (Å²) in [6.45, 7) is 5.56. The minimum absolute atomic E-state index is 0.116. The van der Waals surface area contributed by atoms with Crippen LogP contribution in [-0.4, -0.2) is 21.5 Å². The van der Waals surface area contributed by atoms with Gasteiger partial charge < -0.3 is 9.52 Å². The third kappa shape index (κ3) is 2.04. The fraction of sp³-hybridized carbons (Fsp3) is 0.182. The van der Waals surface area contributed by atoms with Gasteiger partial charge in [0.25, 0.3) is 0 Å². The van der Waals surface area contributed by atoms with E-state index >= 15 is 0 Å². The smallest absolute Gasteiger partial charge is 0.394 e. The molecule has 0 saturated heterocycles. The van der Waals surface area contributed by atoms with Crippen LogP contribution in [-0.2, 0) is 6.54 Å². The highest BCUT2D eigenvalue weighted by atomic mass is 16.4. The van der Waals surface area contributed by atoms with Crippen molar-refractivity contribution in [2.75, 3.05) is 6.61 Å². The van der Waals surface area contributed by atoms with E-state index in [1.54, 1.807) is 24.3 Å². The molecule has 0 aliphatic carbocycles. The second-order valence-corrected chi connectivity index (χ2v) is 3.25. The second kappa shape index (κ2) is 4.32. The number of hydrogen-bond acceptors (Lipinski definition) is 4. The minimum atomic E-state index is -0.591. The highest BCUT2D eigenvalue weighted by Gasteiger charge is 2.09. The molecule has 0 saturated carbocycles. The summed E-state index contributed by atoms with van der Waals surface area (Å²) in [6.07, 6.45) is 0. The van der Waals surface area contributed by atoms with Crippen molar-refractivity contribution in [1.29, 1.82) is 0 Å². The Labute approximate surface area is 92.0 Å². The number of nitrogens with zero attached hydrogens (tertiary/aromatic N) is 2. The van der Waals surface area contributed by atoms with E-state index in [2.05, 4.69) is 5.10 Å². The van der Waals surface area contributed by atoms with Crippen molar-refractivity contribution in [2.45, 2.75) is 6.54 Å². The summed E-state index contributed by atoms with van der Waals surface area (Å²) in [7, 11) is 0. The summed E-state index contributed by atoms with van der Waals surface area (Å²) >= 11 is 0. The zero-order valence-electron chi connectivity index (χ0n) is 8.46. The average Bonchev–Trinajstić information content (AvgIpc) is 2.61. The molecule has 0 unspecified atom stereocenters. The molecule has 2 radical (unpaired) electrons. The molecule has 0 atom stereocenters. The summed E-state index contributed by atoms with van der Waals surface area (Å²) in [5, 5.41) is 12.6. The van der Waals surface area contributed by atoms with Crippen LogP contribution < -0.4 is 5.76 Å². The molecule has 0 bridgehead atoms. The van der Waals surface area contributed by atoms with E-state index in [1.807, 2.05) is 0 Å². The maximum Gasteiger partial charge on any atom is 0.437 e. The third-order valence-electron chi connectivity index (χ3n) is 2.05. The van der Waals surface area contributed by atoms with Gasteiger partial charge in [0.05, 0.1) is 13.2 Å². The van der Waals surface area contributed by atoms with E-state index in [0.29, 0.717) is 11.1 Å². The molecule has 5 nitrogen and oxygen atoms in total. The second-order valence-electron chi connectivity index (χ2n) is 3.25. The van der Waals surface area contributed by atoms with Gasteiger partial charge in [0.1, 0.15) is 0 Å². The predicted octanol–water partition coefficient (Wildman–Crippen LogP) is 0.555. The average molecular weight is 218 g/mol. The van der Waals surface area contributed by atoms with Crippen LogP contribution >= 0.6 is 0 Å². The molecule has 82 valence electrons. The summed E-state index contributed by atoms with van der Waals surface area (Å²) in [4.78, 5) is 11.3. The van der Waals surface area contributed by atoms with E-state index in [9.17, 15) is 4.79 Å². The third-order valence-corrected chi connectivity index (χ3v) is 2.05. The largest absolute Gasteiger partial charge is 0.437 e. The van der Waals surface area contributed by atoms with Crippen LogP contribution in [0.1, 0.15) is 5.56 Å². The molecular weight excluding hydrogens is 208 g/mol. The summed E-state index contributed by atoms with van der Waals surface area (Å²) in [5.41, 5.74) is 1.20. The van der Waals surface area contributed by atoms with Crippen molar-refractivity contribution in [2.24, 2.45) is 0 Å². The van der Waals surface area contributed by atoms with E-state index in [4.69, 9.17) is 16.4 Å². The number of benzene rings is 1. The Balaban J connectivity index is 2.41. The van der Waals surface area contributed by atoms with Crippen molar-refractivity contribution in [3.8, 4) is 11.5 Å². The number of aliphatic hydroxyl groups excluding tert-OH is 1. The maximum absolute atomic E-state index is 11.3. The normalized spacial score (nSPS) is 10.6. The predicted molar refractivity (Wildman–Crippen MR) is 56.7 cm³/mol. The molecule has 1 heterocycles. The molecule has 0 fully saturated rings. The quantitative estimate of drug-likeness (QED) is 0.817. The molecule has 1 aromatic heterocycles. The highest BCUT2D eigenvalue weighted by Crippen LogP contribution is 2.16. The molecule has 0 aliphatic heterocycles. The van der Waals surface area contributed by atoms with Crippen molar-refractivity contribution < 1.29 is 9.52 Å². The van der Waals surface area contributed by atoms with Gasteiger partial charge in [-0.25, -0.2) is 4.79 Å². The van der Waals surface area contributed by atoms with Crippen LogP contribution in [0, 0.1) is 6.92 Å². The van der Waals surface area contributed by atoms with Crippen LogP contribution in [0.2, 0.25) is 0 Å². The van der Waals surface area contributed by atoms with E-state index in [-0.39, 0.29) is 19.0 Å². The van der Waals surface area contributed by atoms with Crippen LogP contribution in [0.5, 0.6) is 0 Å². The molecule has 16 heavy (non-hydrogen) atoms. The van der Waals surface area contributed by atoms with Gasteiger partial charge in [-0.3, -0.25) is 0 Å². The van der Waals surface area contributed by atoms with Gasteiger partial charge >= 0.3 is 5.76 Å². The molecule has 0 amide bonds. The molecule has 1 aromatic carbocycles. The molecule has 0 aliphatic rings. The SMILES string of the molecule is [CH]c1cccc(-c2nn(CCO)c(=O)o2)c1. The lowest BCUT2D eigenvalue weighted by Crippen LogP contribution is -2.17. The van der Waals surface area contributed by atoms with Crippen LogP contribution in [0.15, 0.2) is 33.5 Å². The number of aromatic nitrogens is 2. The first-order valence-electron chi connectivity index (χ1n) is 4.75. The Morgan fingerprint density at radius 3 is 3.00 bits per heavy atom. The molecule has 1 N–H and O–H groups in total. The Hall–Kier alpha value is -1.88. The monoisotopic (exact) mass is 218 g/mol. The highest BCUT2D eigenvalue weighted by molar-refractivity contribution is 5.53. The lowest BCUT2D eigenvalue weighted by atomic mass is 10.1. The van der Waals surface area contributed by atoms with Gasteiger partial charge in [0, 0.05) is 5.56 Å². The first-order chi connectivity index (χ1) is 7.70. The Kier molecular flexibility index (Phi) is 2.87. The topological polar surface area (TPSA) is 68.3 Å². The van der Waals surface area contributed by atoms with Crippen LogP contribution in [0.25, 0.3) is 11.5 Å². The zero-order valence-corrected chi connectivity index (χ0v) is 8.46. The Bertz CT molecular complexity index is 542. The molecule has 2 rings (SSSR count). The van der Waals surface area contributed by atoms with E-state index in [1.165, 1.54) is 0 Å². The summed E-state index contributed by atoms with van der Waals surface area (Å²) in [5.74, 6) is -0.391. The first-order valence-corrected chi connectivity index (χ1v) is 4.75. The van der Waals surface area contributed by atoms with Crippen LogP contribution in [0.4, 0.5) is 0 Å². The molecular formula is C11H10N2O3. The minimum Gasteiger partial charge on any atom is -0.394 e. The lowest BCUT2D eigenvalue weighted by molar-refractivity contribution is 0.264. The Morgan fingerprint density at radius 2 is 2.31 bits per heavy atom. The lowest BCUT2D eigenvalue weighted by Gasteiger charge is -1.95. The van der Waals surface area contributed by atoms with Crippen molar-refractivity contribution in [3.05, 3.63) is 47.3 Å². The van der Waals surface area contributed by atoms with Crippen LogP contribution in [0.3, 0.4) is 0 Å². The van der Waals surface area contributed by atoms with E-state index in [0.717, 1.165) is 4.68 Å². The molecule has 0 spiro atoms. The van der Waals surface area contributed by atoms with Crippen molar-refractivity contribution in [1.82, 2.24) is 9.78 Å². The maximum atomic E-state index is 11.3.